The summed E-state index contributed by atoms with van der Waals surface area (Å²) in [7, 11) is 1.31. The van der Waals surface area contributed by atoms with Crippen molar-refractivity contribution in [2.45, 2.75) is 11.8 Å². The van der Waals surface area contributed by atoms with E-state index in [1.54, 1.807) is 24.8 Å². The number of hydrogen-bond donors (Lipinski definition) is 1. The molecule has 0 unspecified atom stereocenters. The van der Waals surface area contributed by atoms with Crippen LogP contribution in [0.5, 0.6) is 0 Å². The van der Waals surface area contributed by atoms with Gasteiger partial charge in [0.15, 0.2) is 5.13 Å². The van der Waals surface area contributed by atoms with Crippen LogP contribution >= 0.6 is 23.1 Å². The van der Waals surface area contributed by atoms with Gasteiger partial charge < -0.3 is 4.74 Å². The average molecular weight is 348 g/mol. The van der Waals surface area contributed by atoms with Crippen molar-refractivity contribution in [1.29, 1.82) is 0 Å². The first-order valence-electron chi connectivity index (χ1n) is 6.72. The van der Waals surface area contributed by atoms with Gasteiger partial charge in [0.25, 0.3) is 0 Å². The molecule has 0 atom stereocenters. The predicted octanol–water partition coefficient (Wildman–Crippen LogP) is 3.61. The zero-order chi connectivity index (χ0) is 16.8. The molecule has 1 aromatic heterocycles. The number of anilines is 1. The number of nitrogens with one attached hydrogen (secondary N) is 1. The summed E-state index contributed by atoms with van der Waals surface area (Å²) in [6.45, 7) is 1.70. The Labute approximate surface area is 142 Å². The van der Waals surface area contributed by atoms with Gasteiger partial charge in [-0.05, 0) is 37.0 Å². The van der Waals surface area contributed by atoms with Crippen LogP contribution in [0.3, 0.4) is 0 Å². The number of thiazole rings is 1. The van der Waals surface area contributed by atoms with Gasteiger partial charge in [0.05, 0.1) is 12.8 Å². The fourth-order valence-corrected chi connectivity index (χ4v) is 3.06. The molecule has 2 rings (SSSR count). The van der Waals surface area contributed by atoms with E-state index in [1.165, 1.54) is 18.1 Å². The van der Waals surface area contributed by atoms with Crippen LogP contribution in [0, 0.1) is 6.92 Å². The summed E-state index contributed by atoms with van der Waals surface area (Å²) in [6.07, 6.45) is 5.17. The number of carbonyl (C=O) groups is 2. The Hall–Kier alpha value is -2.12. The highest BCUT2D eigenvalue weighted by molar-refractivity contribution is 7.98. The SMILES string of the molecule is COC(=O)c1sc(NC(=O)/C=C/c2ccc(SC)cc2)nc1C. The zero-order valence-corrected chi connectivity index (χ0v) is 14.6. The number of carbonyl (C=O) groups excluding carboxylic acids is 2. The van der Waals surface area contributed by atoms with Crippen LogP contribution in [0.25, 0.3) is 6.08 Å². The number of benzene rings is 1. The van der Waals surface area contributed by atoms with Crippen molar-refractivity contribution in [2.75, 3.05) is 18.7 Å². The molecule has 23 heavy (non-hydrogen) atoms. The minimum absolute atomic E-state index is 0.302. The minimum Gasteiger partial charge on any atom is -0.465 e. The van der Waals surface area contributed by atoms with Gasteiger partial charge in [-0.3, -0.25) is 10.1 Å². The molecule has 0 spiro atoms. The van der Waals surface area contributed by atoms with E-state index in [9.17, 15) is 9.59 Å². The second-order valence-electron chi connectivity index (χ2n) is 4.52. The molecule has 0 bridgehead atoms. The highest BCUT2D eigenvalue weighted by Gasteiger charge is 2.16. The van der Waals surface area contributed by atoms with E-state index >= 15 is 0 Å². The molecule has 0 radical (unpaired) electrons. The monoisotopic (exact) mass is 348 g/mol. The number of aromatic nitrogens is 1. The largest absolute Gasteiger partial charge is 0.465 e. The normalized spacial score (nSPS) is 10.7. The van der Waals surface area contributed by atoms with E-state index in [1.807, 2.05) is 30.5 Å². The van der Waals surface area contributed by atoms with E-state index in [0.717, 1.165) is 16.9 Å². The summed E-state index contributed by atoms with van der Waals surface area (Å²) in [4.78, 5) is 29.1. The van der Waals surface area contributed by atoms with E-state index in [2.05, 4.69) is 15.0 Å². The second kappa shape index (κ2) is 7.94. The van der Waals surface area contributed by atoms with Crippen molar-refractivity contribution in [2.24, 2.45) is 0 Å². The molecule has 0 saturated carbocycles. The van der Waals surface area contributed by atoms with Crippen LogP contribution in [-0.4, -0.2) is 30.2 Å². The Morgan fingerprint density at radius 1 is 1.30 bits per heavy atom. The zero-order valence-electron chi connectivity index (χ0n) is 13.0. The smallest absolute Gasteiger partial charge is 0.350 e. The average Bonchev–Trinajstić information content (AvgIpc) is 2.93. The second-order valence-corrected chi connectivity index (χ2v) is 6.40. The summed E-state index contributed by atoms with van der Waals surface area (Å²) in [5, 5.41) is 3.02. The molecule has 0 aliphatic carbocycles. The van der Waals surface area contributed by atoms with Crippen molar-refractivity contribution in [1.82, 2.24) is 4.98 Å². The molecule has 1 N–H and O–H groups in total. The number of ether oxygens (including phenoxy) is 1. The number of aryl methyl sites for hydroxylation is 1. The lowest BCUT2D eigenvalue weighted by Crippen LogP contribution is -2.07. The molecule has 5 nitrogen and oxygen atoms in total. The number of nitrogens with zero attached hydrogens (tertiary/aromatic N) is 1. The van der Waals surface area contributed by atoms with Gasteiger partial charge in [-0.2, -0.15) is 0 Å². The standard InChI is InChI=1S/C16H16N2O3S2/c1-10-14(15(20)21-2)23-16(17-10)18-13(19)9-6-11-4-7-12(22-3)8-5-11/h4-9H,1-3H3,(H,17,18,19)/b9-6+. The van der Waals surface area contributed by atoms with Gasteiger partial charge in [-0.15, -0.1) is 11.8 Å². The molecule has 1 heterocycles. The number of methoxy groups -OCH3 is 1. The van der Waals surface area contributed by atoms with Crippen molar-refractivity contribution >= 4 is 46.2 Å². The molecular formula is C16H16N2O3S2. The molecule has 0 fully saturated rings. The van der Waals surface area contributed by atoms with Crippen molar-refractivity contribution < 1.29 is 14.3 Å². The van der Waals surface area contributed by atoms with Crippen LogP contribution in [0.1, 0.15) is 20.9 Å². The third kappa shape index (κ3) is 4.67. The Bertz CT molecular complexity index is 736. The van der Waals surface area contributed by atoms with Crippen LogP contribution in [-0.2, 0) is 9.53 Å². The van der Waals surface area contributed by atoms with Crippen molar-refractivity contribution in [3.05, 3.63) is 46.5 Å². The summed E-state index contributed by atoms with van der Waals surface area (Å²) >= 11 is 2.76. The Morgan fingerprint density at radius 2 is 2.00 bits per heavy atom. The molecule has 0 saturated heterocycles. The Kier molecular flexibility index (Phi) is 5.95. The maximum absolute atomic E-state index is 11.9. The van der Waals surface area contributed by atoms with Gasteiger partial charge >= 0.3 is 5.97 Å². The molecule has 0 aliphatic rings. The van der Waals surface area contributed by atoms with Gasteiger partial charge in [0.1, 0.15) is 4.88 Å². The van der Waals surface area contributed by atoms with Gasteiger partial charge in [-0.25, -0.2) is 9.78 Å². The van der Waals surface area contributed by atoms with E-state index in [0.29, 0.717) is 15.7 Å². The predicted molar refractivity (Wildman–Crippen MR) is 94.1 cm³/mol. The molecule has 7 heteroatoms. The van der Waals surface area contributed by atoms with Crippen LogP contribution < -0.4 is 5.32 Å². The number of hydrogen-bond acceptors (Lipinski definition) is 6. The third-order valence-electron chi connectivity index (χ3n) is 2.94. The number of amides is 1. The fourth-order valence-electron chi connectivity index (χ4n) is 1.77. The highest BCUT2D eigenvalue weighted by atomic mass is 32.2. The van der Waals surface area contributed by atoms with Gasteiger partial charge in [0, 0.05) is 11.0 Å². The summed E-state index contributed by atoms with van der Waals surface area (Å²) in [5.41, 5.74) is 1.47. The number of rotatable bonds is 5. The molecule has 2 aromatic rings. The van der Waals surface area contributed by atoms with Gasteiger partial charge in [-0.1, -0.05) is 23.5 Å². The molecular weight excluding hydrogens is 332 g/mol. The summed E-state index contributed by atoms with van der Waals surface area (Å²) < 4.78 is 4.66. The first-order valence-corrected chi connectivity index (χ1v) is 8.76. The van der Waals surface area contributed by atoms with Crippen LogP contribution in [0.4, 0.5) is 5.13 Å². The molecule has 1 amide bonds. The first-order chi connectivity index (χ1) is 11.0. The van der Waals surface area contributed by atoms with E-state index in [4.69, 9.17) is 0 Å². The topological polar surface area (TPSA) is 68.3 Å². The molecule has 120 valence electrons. The fraction of sp³-hybridized carbons (Fsp3) is 0.188. The van der Waals surface area contributed by atoms with Crippen molar-refractivity contribution in [3.8, 4) is 0 Å². The van der Waals surface area contributed by atoms with Crippen LogP contribution in [0.2, 0.25) is 0 Å². The maximum Gasteiger partial charge on any atom is 0.350 e. The molecule has 0 aliphatic heterocycles. The Morgan fingerprint density at radius 3 is 2.61 bits per heavy atom. The lowest BCUT2D eigenvalue weighted by atomic mass is 10.2. The lowest BCUT2D eigenvalue weighted by Gasteiger charge is -1.98. The lowest BCUT2D eigenvalue weighted by molar-refractivity contribution is -0.111. The third-order valence-corrected chi connectivity index (χ3v) is 4.74. The quantitative estimate of drug-likeness (QED) is 0.508. The Balaban J connectivity index is 2.01. The number of thioether (sulfide) groups is 1. The summed E-state index contributed by atoms with van der Waals surface area (Å²) in [5.74, 6) is -0.756. The number of esters is 1. The van der Waals surface area contributed by atoms with E-state index < -0.39 is 5.97 Å². The van der Waals surface area contributed by atoms with Crippen LogP contribution in [0.15, 0.2) is 35.2 Å². The summed E-state index contributed by atoms with van der Waals surface area (Å²) in [6, 6.07) is 7.88. The van der Waals surface area contributed by atoms with Crippen molar-refractivity contribution in [3.63, 3.8) is 0 Å². The highest BCUT2D eigenvalue weighted by Crippen LogP contribution is 2.23. The minimum atomic E-state index is -0.454. The van der Waals surface area contributed by atoms with E-state index in [-0.39, 0.29) is 5.91 Å². The maximum atomic E-state index is 11.9. The van der Waals surface area contributed by atoms with Gasteiger partial charge in [0.2, 0.25) is 5.91 Å². The first kappa shape index (κ1) is 17.2. The molecule has 1 aromatic carbocycles.